The Bertz CT molecular complexity index is 1390. The highest BCUT2D eigenvalue weighted by molar-refractivity contribution is 6.11. The van der Waals surface area contributed by atoms with Crippen molar-refractivity contribution >= 4 is 35.4 Å². The Morgan fingerprint density at radius 3 is 2.14 bits per heavy atom. The average molecular weight is 497 g/mol. The second-order valence-electron chi connectivity index (χ2n) is 8.97. The molecule has 1 aliphatic rings. The van der Waals surface area contributed by atoms with Gasteiger partial charge < -0.3 is 21.5 Å². The van der Waals surface area contributed by atoms with E-state index in [9.17, 15) is 19.5 Å². The zero-order valence-corrected chi connectivity index (χ0v) is 20.2. The van der Waals surface area contributed by atoms with Gasteiger partial charge in [0.05, 0.1) is 5.56 Å². The van der Waals surface area contributed by atoms with Crippen molar-refractivity contribution in [3.8, 4) is 11.1 Å². The zero-order chi connectivity index (χ0) is 26.5. The van der Waals surface area contributed by atoms with Crippen molar-refractivity contribution in [2.24, 2.45) is 5.73 Å². The maximum Gasteiger partial charge on any atom is 0.336 e. The van der Waals surface area contributed by atoms with Crippen LogP contribution >= 0.6 is 0 Å². The van der Waals surface area contributed by atoms with Crippen LogP contribution in [0.4, 0.5) is 5.69 Å². The van der Waals surface area contributed by atoms with Crippen molar-refractivity contribution in [2.45, 2.75) is 31.7 Å². The van der Waals surface area contributed by atoms with Gasteiger partial charge in [0.25, 0.3) is 11.8 Å². The van der Waals surface area contributed by atoms with Gasteiger partial charge in [0.1, 0.15) is 5.84 Å². The molecule has 0 atom stereocenters. The third-order valence-electron chi connectivity index (χ3n) is 6.47. The second-order valence-corrected chi connectivity index (χ2v) is 8.97. The molecule has 37 heavy (non-hydrogen) atoms. The number of amidine groups is 1. The molecular formula is C29H28N4O4. The van der Waals surface area contributed by atoms with Gasteiger partial charge in [-0.2, -0.15) is 0 Å². The van der Waals surface area contributed by atoms with E-state index in [1.54, 1.807) is 60.7 Å². The molecule has 188 valence electrons. The number of nitrogen functional groups attached to an aromatic ring is 1. The summed E-state index contributed by atoms with van der Waals surface area (Å²) in [5.74, 6) is -2.05. The van der Waals surface area contributed by atoms with Crippen LogP contribution in [0.15, 0.2) is 67.2 Å². The normalized spacial score (nSPS) is 13.1. The molecule has 2 amide bonds. The quantitative estimate of drug-likeness (QED) is 0.222. The fourth-order valence-corrected chi connectivity index (χ4v) is 4.48. The summed E-state index contributed by atoms with van der Waals surface area (Å²) in [7, 11) is 0. The Morgan fingerprint density at radius 2 is 1.51 bits per heavy atom. The van der Waals surface area contributed by atoms with Gasteiger partial charge >= 0.3 is 5.97 Å². The smallest absolute Gasteiger partial charge is 0.336 e. The first kappa shape index (κ1) is 25.4. The number of nitrogens with two attached hydrogens (primary N) is 1. The number of aromatic carboxylic acids is 1. The highest BCUT2D eigenvalue weighted by atomic mass is 16.4. The molecule has 0 aromatic heterocycles. The number of anilines is 1. The van der Waals surface area contributed by atoms with Crippen molar-refractivity contribution in [3.05, 3.63) is 95.1 Å². The van der Waals surface area contributed by atoms with Crippen molar-refractivity contribution in [3.63, 3.8) is 0 Å². The van der Waals surface area contributed by atoms with Crippen LogP contribution in [0.5, 0.6) is 0 Å². The molecule has 1 aliphatic carbocycles. The number of rotatable bonds is 8. The summed E-state index contributed by atoms with van der Waals surface area (Å²) in [5, 5.41) is 23.3. The third kappa shape index (κ3) is 5.75. The summed E-state index contributed by atoms with van der Waals surface area (Å²) in [4.78, 5) is 38.3. The van der Waals surface area contributed by atoms with Crippen LogP contribution in [0.25, 0.3) is 17.2 Å². The Hall–Kier alpha value is -4.72. The number of amides is 2. The summed E-state index contributed by atoms with van der Waals surface area (Å²) < 4.78 is 0. The van der Waals surface area contributed by atoms with E-state index in [1.807, 2.05) is 0 Å². The molecule has 8 heteroatoms. The molecule has 0 aliphatic heterocycles. The lowest BCUT2D eigenvalue weighted by Crippen LogP contribution is -2.32. The van der Waals surface area contributed by atoms with Crippen LogP contribution in [0.3, 0.4) is 0 Å². The number of nitrogens with one attached hydrogen (secondary N) is 3. The first-order valence-electron chi connectivity index (χ1n) is 12.0. The van der Waals surface area contributed by atoms with Gasteiger partial charge in [0.2, 0.25) is 0 Å². The summed E-state index contributed by atoms with van der Waals surface area (Å²) in [6.07, 6.45) is 5.56. The van der Waals surface area contributed by atoms with E-state index >= 15 is 0 Å². The van der Waals surface area contributed by atoms with E-state index < -0.39 is 11.9 Å². The number of carboxylic acid groups (broad SMARTS) is 1. The van der Waals surface area contributed by atoms with Gasteiger partial charge in [0, 0.05) is 28.4 Å². The van der Waals surface area contributed by atoms with Crippen molar-refractivity contribution in [1.29, 1.82) is 5.41 Å². The van der Waals surface area contributed by atoms with Crippen LogP contribution in [0.1, 0.15) is 67.9 Å². The minimum Gasteiger partial charge on any atom is -0.478 e. The minimum absolute atomic E-state index is 0.0784. The highest BCUT2D eigenvalue weighted by Crippen LogP contribution is 2.30. The van der Waals surface area contributed by atoms with Crippen LogP contribution in [0, 0.1) is 5.41 Å². The number of carbonyl (C=O) groups is 3. The number of hydrogen-bond donors (Lipinski definition) is 5. The third-order valence-corrected chi connectivity index (χ3v) is 6.47. The topological polar surface area (TPSA) is 145 Å². The van der Waals surface area contributed by atoms with Crippen LogP contribution in [-0.2, 0) is 0 Å². The van der Waals surface area contributed by atoms with Gasteiger partial charge in [-0.1, -0.05) is 43.7 Å². The Kier molecular flexibility index (Phi) is 7.48. The molecular weight excluding hydrogens is 468 g/mol. The predicted octanol–water partition coefficient (Wildman–Crippen LogP) is 4.90. The van der Waals surface area contributed by atoms with E-state index in [4.69, 9.17) is 11.1 Å². The highest BCUT2D eigenvalue weighted by Gasteiger charge is 2.22. The summed E-state index contributed by atoms with van der Waals surface area (Å²) in [6.45, 7) is 3.76. The number of benzene rings is 3. The molecule has 0 bridgehead atoms. The molecule has 1 fully saturated rings. The molecule has 6 N–H and O–H groups in total. The molecule has 1 saturated carbocycles. The second kappa shape index (κ2) is 10.9. The van der Waals surface area contributed by atoms with E-state index in [1.165, 1.54) is 6.07 Å². The Morgan fingerprint density at radius 1 is 0.892 bits per heavy atom. The number of hydrogen-bond acceptors (Lipinski definition) is 4. The molecule has 8 nitrogen and oxygen atoms in total. The van der Waals surface area contributed by atoms with Gasteiger partial charge in [-0.15, -0.1) is 0 Å². The van der Waals surface area contributed by atoms with Crippen LogP contribution in [0.2, 0.25) is 0 Å². The molecule has 0 saturated heterocycles. The molecule has 0 radical (unpaired) electrons. The molecule has 3 aromatic rings. The van der Waals surface area contributed by atoms with Gasteiger partial charge in [-0.3, -0.25) is 15.0 Å². The van der Waals surface area contributed by atoms with Gasteiger partial charge in [-0.25, -0.2) is 4.79 Å². The van der Waals surface area contributed by atoms with Crippen molar-refractivity contribution in [2.75, 3.05) is 5.32 Å². The molecule has 0 unspecified atom stereocenters. The Balaban J connectivity index is 1.69. The van der Waals surface area contributed by atoms with Crippen LogP contribution in [-0.4, -0.2) is 34.8 Å². The fraction of sp³-hybridized carbons (Fsp3) is 0.172. The lowest BCUT2D eigenvalue weighted by Gasteiger charge is -2.16. The number of carbonyl (C=O) groups excluding carboxylic acids is 2. The maximum absolute atomic E-state index is 13.3. The first-order valence-corrected chi connectivity index (χ1v) is 12.0. The van der Waals surface area contributed by atoms with Gasteiger partial charge in [-0.05, 0) is 72.0 Å². The lowest BCUT2D eigenvalue weighted by molar-refractivity contribution is 0.0697. The van der Waals surface area contributed by atoms with Gasteiger partial charge in [0.15, 0.2) is 0 Å². The summed E-state index contributed by atoms with van der Waals surface area (Å²) in [6, 6.07) is 16.2. The predicted molar refractivity (Wildman–Crippen MR) is 144 cm³/mol. The summed E-state index contributed by atoms with van der Waals surface area (Å²) in [5.41, 5.74) is 8.34. The average Bonchev–Trinajstić information content (AvgIpc) is 3.41. The van der Waals surface area contributed by atoms with Crippen LogP contribution < -0.4 is 16.4 Å². The Labute approximate surface area is 214 Å². The molecule has 3 aromatic carbocycles. The standard InChI is InChI=1S/C29H28N4O4/c1-2-17-7-13-22(24(15-17)28(35)33-21-11-8-18(9-12-21)26(30)31)23-14-10-19(16-25(23)29(36)37)27(34)32-20-5-3-4-6-20/h2,7-16,20H,1,3-6H2,(H3,30,31)(H,32,34)(H,33,35)(H,36,37). The zero-order valence-electron chi connectivity index (χ0n) is 20.2. The molecule has 0 heterocycles. The molecule has 0 spiro atoms. The summed E-state index contributed by atoms with van der Waals surface area (Å²) >= 11 is 0. The molecule has 4 rings (SSSR count). The van der Waals surface area contributed by atoms with Crippen molar-refractivity contribution < 1.29 is 19.5 Å². The fourth-order valence-electron chi connectivity index (χ4n) is 4.48. The van der Waals surface area contributed by atoms with E-state index in [0.717, 1.165) is 25.7 Å². The maximum atomic E-state index is 13.3. The minimum atomic E-state index is -1.20. The van der Waals surface area contributed by atoms with E-state index in [0.29, 0.717) is 27.9 Å². The largest absolute Gasteiger partial charge is 0.478 e. The van der Waals surface area contributed by atoms with Crippen molar-refractivity contribution in [1.82, 2.24) is 5.32 Å². The van der Waals surface area contributed by atoms with E-state index in [-0.39, 0.29) is 34.5 Å². The lowest BCUT2D eigenvalue weighted by atomic mass is 9.92. The first-order chi connectivity index (χ1) is 17.8. The monoisotopic (exact) mass is 496 g/mol. The SMILES string of the molecule is C=Cc1ccc(-c2ccc(C(=O)NC3CCCC3)cc2C(=O)O)c(C(=O)Nc2ccc(C(=N)N)cc2)c1. The van der Waals surface area contributed by atoms with E-state index in [2.05, 4.69) is 17.2 Å². The number of carboxylic acids is 1.